The van der Waals surface area contributed by atoms with Gasteiger partial charge < -0.3 is 20.3 Å². The zero-order valence-electron chi connectivity index (χ0n) is 16.8. The zero-order chi connectivity index (χ0) is 20.1. The Morgan fingerprint density at radius 1 is 1.36 bits per heavy atom. The summed E-state index contributed by atoms with van der Waals surface area (Å²) in [6.07, 6.45) is 8.43. The molecule has 28 heavy (non-hydrogen) atoms. The molecule has 2 heterocycles. The Morgan fingerprint density at radius 3 is 2.75 bits per heavy atom. The molecule has 2 aromatic rings. The Kier molecular flexibility index (Phi) is 6.46. The van der Waals surface area contributed by atoms with Crippen LogP contribution in [0, 0.1) is 0 Å². The van der Waals surface area contributed by atoms with Crippen LogP contribution < -0.4 is 16.2 Å². The van der Waals surface area contributed by atoms with Gasteiger partial charge in [0.2, 0.25) is 0 Å². The fourth-order valence-electron chi connectivity index (χ4n) is 3.58. The maximum Gasteiger partial charge on any atom is 0.262 e. The number of aliphatic hydroxyl groups excluding tert-OH is 1. The minimum absolute atomic E-state index is 0.0461. The van der Waals surface area contributed by atoms with Crippen molar-refractivity contribution in [3.8, 4) is 0 Å². The van der Waals surface area contributed by atoms with Gasteiger partial charge in [-0.15, -0.1) is 0 Å². The lowest BCUT2D eigenvalue weighted by molar-refractivity contribution is 0.126. The van der Waals surface area contributed by atoms with Crippen LogP contribution in [-0.4, -0.2) is 33.0 Å². The van der Waals surface area contributed by atoms with E-state index in [-0.39, 0.29) is 17.7 Å². The zero-order valence-corrected chi connectivity index (χ0v) is 16.8. The number of nitrogens with one attached hydrogen (secondary N) is 2. The van der Waals surface area contributed by atoms with Gasteiger partial charge in [-0.1, -0.05) is 0 Å². The molecule has 0 aromatic carbocycles. The molecule has 1 saturated carbocycles. The van der Waals surface area contributed by atoms with Crippen LogP contribution in [0.15, 0.2) is 40.0 Å². The Balaban J connectivity index is 2.04. The second-order valence-electron chi connectivity index (χ2n) is 7.06. The molecule has 7 heteroatoms. The smallest absolute Gasteiger partial charge is 0.262 e. The molecule has 0 unspecified atom stereocenters. The van der Waals surface area contributed by atoms with E-state index in [4.69, 9.17) is 4.98 Å². The molecule has 7 nitrogen and oxygen atoms in total. The quantitative estimate of drug-likeness (QED) is 0.664. The van der Waals surface area contributed by atoms with Crippen molar-refractivity contribution < 1.29 is 5.11 Å². The number of allylic oxidation sites excluding steroid dienone is 1. The summed E-state index contributed by atoms with van der Waals surface area (Å²) in [5, 5.41) is 17.9. The molecule has 1 aliphatic rings. The summed E-state index contributed by atoms with van der Waals surface area (Å²) in [7, 11) is 0. The van der Waals surface area contributed by atoms with Crippen molar-refractivity contribution in [2.45, 2.75) is 65.1 Å². The first-order chi connectivity index (χ1) is 13.5. The van der Waals surface area contributed by atoms with Crippen LogP contribution in [0.5, 0.6) is 0 Å². The third-order valence-electron chi connectivity index (χ3n) is 5.13. The van der Waals surface area contributed by atoms with E-state index in [9.17, 15) is 9.90 Å². The van der Waals surface area contributed by atoms with Gasteiger partial charge in [0.05, 0.1) is 11.5 Å². The number of hydrogen-bond acceptors (Lipinski definition) is 6. The van der Waals surface area contributed by atoms with Crippen LogP contribution >= 0.6 is 0 Å². The molecule has 0 amide bonds. The standard InChI is InChI=1S/C21H29N5O2/c1-4-17(22-5-2)24-18-13-14-11-12-26(6-3)21(28)19(14)20(25-18)23-15-7-9-16(27)10-8-15/h4-5,11-13,15-16,27H,6-10H2,1-3H3,(H2,23,24,25)/b17-4+,22-5-. The monoisotopic (exact) mass is 383 g/mol. The summed E-state index contributed by atoms with van der Waals surface area (Å²) in [4.78, 5) is 21.9. The fourth-order valence-corrected chi connectivity index (χ4v) is 3.58. The number of nitrogens with zero attached hydrogens (tertiary/aromatic N) is 3. The summed E-state index contributed by atoms with van der Waals surface area (Å²) in [5.74, 6) is 1.92. The van der Waals surface area contributed by atoms with Gasteiger partial charge in [0, 0.05) is 25.0 Å². The summed E-state index contributed by atoms with van der Waals surface area (Å²) < 4.78 is 1.69. The molecule has 0 bridgehead atoms. The molecule has 0 saturated heterocycles. The normalized spacial score (nSPS) is 20.6. The first-order valence-corrected chi connectivity index (χ1v) is 9.96. The van der Waals surface area contributed by atoms with Gasteiger partial charge in [0.25, 0.3) is 5.56 Å². The van der Waals surface area contributed by atoms with Crippen molar-refractivity contribution in [3.63, 3.8) is 0 Å². The highest BCUT2D eigenvalue weighted by molar-refractivity contribution is 5.93. The molecular weight excluding hydrogens is 354 g/mol. The van der Waals surface area contributed by atoms with E-state index in [2.05, 4.69) is 15.6 Å². The Labute approximate surface area is 165 Å². The van der Waals surface area contributed by atoms with Crippen LogP contribution in [0.2, 0.25) is 0 Å². The van der Waals surface area contributed by atoms with Gasteiger partial charge in [-0.2, -0.15) is 0 Å². The van der Waals surface area contributed by atoms with Crippen molar-refractivity contribution in [2.75, 3.05) is 10.6 Å². The topological polar surface area (TPSA) is 91.5 Å². The SMILES string of the molecule is C/C=N\C(=C/C)Nc1cc2ccn(CC)c(=O)c2c(NC2CCC(O)CC2)n1. The second kappa shape index (κ2) is 9.01. The number of aliphatic imine (C=N–C) groups is 1. The first-order valence-electron chi connectivity index (χ1n) is 9.96. The van der Waals surface area contributed by atoms with Crippen molar-refractivity contribution in [2.24, 2.45) is 4.99 Å². The average Bonchev–Trinajstić information content (AvgIpc) is 2.69. The Morgan fingerprint density at radius 2 is 2.11 bits per heavy atom. The van der Waals surface area contributed by atoms with E-state index in [1.165, 1.54) is 0 Å². The lowest BCUT2D eigenvalue weighted by Crippen LogP contribution is -2.29. The maximum atomic E-state index is 13.0. The molecule has 3 rings (SSSR count). The lowest BCUT2D eigenvalue weighted by Gasteiger charge is -2.27. The number of fused-ring (bicyclic) bond motifs is 1. The molecule has 0 atom stereocenters. The van der Waals surface area contributed by atoms with Gasteiger partial charge >= 0.3 is 0 Å². The van der Waals surface area contributed by atoms with E-state index >= 15 is 0 Å². The van der Waals surface area contributed by atoms with Gasteiger partial charge in [0.15, 0.2) is 0 Å². The summed E-state index contributed by atoms with van der Waals surface area (Å²) in [6.45, 7) is 6.32. The molecule has 2 aromatic heterocycles. The average molecular weight is 383 g/mol. The number of anilines is 2. The van der Waals surface area contributed by atoms with Gasteiger partial charge in [-0.25, -0.2) is 9.98 Å². The molecule has 1 aliphatic carbocycles. The van der Waals surface area contributed by atoms with E-state index < -0.39 is 0 Å². The maximum absolute atomic E-state index is 13.0. The largest absolute Gasteiger partial charge is 0.393 e. The second-order valence-corrected chi connectivity index (χ2v) is 7.06. The van der Waals surface area contributed by atoms with Crippen molar-refractivity contribution in [1.29, 1.82) is 0 Å². The molecular formula is C21H29N5O2. The van der Waals surface area contributed by atoms with Crippen LogP contribution in [0.4, 0.5) is 11.6 Å². The Hall–Kier alpha value is -2.67. The van der Waals surface area contributed by atoms with E-state index in [1.807, 2.05) is 45.2 Å². The number of aliphatic hydroxyl groups is 1. The number of rotatable bonds is 6. The summed E-state index contributed by atoms with van der Waals surface area (Å²) >= 11 is 0. The van der Waals surface area contributed by atoms with Crippen LogP contribution in [-0.2, 0) is 6.54 Å². The van der Waals surface area contributed by atoms with Crippen molar-refractivity contribution in [3.05, 3.63) is 40.6 Å². The van der Waals surface area contributed by atoms with Crippen LogP contribution in [0.3, 0.4) is 0 Å². The number of aryl methyl sites for hydroxylation is 1. The lowest BCUT2D eigenvalue weighted by atomic mass is 9.93. The molecule has 0 radical (unpaired) electrons. The van der Waals surface area contributed by atoms with Crippen LogP contribution in [0.1, 0.15) is 46.5 Å². The van der Waals surface area contributed by atoms with Crippen molar-refractivity contribution >= 4 is 28.6 Å². The number of aromatic nitrogens is 2. The van der Waals surface area contributed by atoms with Gasteiger partial charge in [-0.3, -0.25) is 4.79 Å². The summed E-state index contributed by atoms with van der Waals surface area (Å²) in [6, 6.07) is 4.02. The minimum atomic E-state index is -0.225. The van der Waals surface area contributed by atoms with Crippen molar-refractivity contribution in [1.82, 2.24) is 9.55 Å². The predicted octanol–water partition coefficient (Wildman–Crippen LogP) is 3.50. The summed E-state index contributed by atoms with van der Waals surface area (Å²) in [5.41, 5.74) is -0.0461. The first kappa shape index (κ1) is 20.1. The van der Waals surface area contributed by atoms with Crippen LogP contribution in [0.25, 0.3) is 10.8 Å². The third kappa shape index (κ3) is 4.42. The molecule has 0 aliphatic heterocycles. The minimum Gasteiger partial charge on any atom is -0.393 e. The van der Waals surface area contributed by atoms with Gasteiger partial charge in [0.1, 0.15) is 17.5 Å². The highest BCUT2D eigenvalue weighted by Gasteiger charge is 2.21. The molecule has 150 valence electrons. The number of pyridine rings is 2. The number of hydrogen-bond donors (Lipinski definition) is 3. The molecule has 3 N–H and O–H groups in total. The Bertz CT molecular complexity index is 940. The fraction of sp³-hybridized carbons (Fsp3) is 0.476. The van der Waals surface area contributed by atoms with E-state index in [1.54, 1.807) is 10.8 Å². The third-order valence-corrected chi connectivity index (χ3v) is 5.13. The van der Waals surface area contributed by atoms with E-state index in [0.717, 1.165) is 31.1 Å². The highest BCUT2D eigenvalue weighted by Crippen LogP contribution is 2.27. The van der Waals surface area contributed by atoms with Gasteiger partial charge in [-0.05, 0) is 70.0 Å². The molecule has 0 spiro atoms. The predicted molar refractivity (Wildman–Crippen MR) is 115 cm³/mol. The highest BCUT2D eigenvalue weighted by atomic mass is 16.3. The van der Waals surface area contributed by atoms with E-state index in [0.29, 0.717) is 29.4 Å². The molecule has 1 fully saturated rings.